The highest BCUT2D eigenvalue weighted by atomic mass is 16.4. The highest BCUT2D eigenvalue weighted by Gasteiger charge is 2.31. The molecule has 7 N–H and O–H groups in total. The third-order valence-electron chi connectivity index (χ3n) is 4.15. The van der Waals surface area contributed by atoms with Gasteiger partial charge < -0.3 is 27.2 Å². The number of hydrogen-bond acceptors (Lipinski definition) is 5. The molecule has 0 radical (unpaired) electrons. The van der Waals surface area contributed by atoms with E-state index < -0.39 is 41.8 Å². The molecule has 0 aromatic carbocycles. The van der Waals surface area contributed by atoms with Crippen LogP contribution < -0.4 is 22.1 Å². The van der Waals surface area contributed by atoms with E-state index in [1.165, 1.54) is 0 Å². The molecular weight excluding hydrogens is 340 g/mol. The third-order valence-corrected chi connectivity index (χ3v) is 4.15. The molecule has 0 aliphatic heterocycles. The average Bonchev–Trinajstić information content (AvgIpc) is 2.53. The molecule has 150 valence electrons. The minimum absolute atomic E-state index is 0.121. The second-order valence-electron chi connectivity index (χ2n) is 7.01. The molecule has 0 saturated carbocycles. The predicted molar refractivity (Wildman–Crippen MR) is 96.8 cm³/mol. The van der Waals surface area contributed by atoms with E-state index in [0.29, 0.717) is 12.8 Å². The van der Waals surface area contributed by atoms with Crippen molar-refractivity contribution in [1.29, 1.82) is 0 Å². The standard InChI is InChI=1S/C17H32N4O5/c1-5-10(4)14(21-15(23)11(18)8-9(2)3)16(24)20-12(17(25)26)6-7-13(19)22/h9-12,14H,5-8,18H2,1-4H3,(H2,19,22)(H,20,24)(H,21,23)(H,25,26). The Hall–Kier alpha value is -2.16. The zero-order chi connectivity index (χ0) is 20.4. The van der Waals surface area contributed by atoms with Crippen LogP contribution in [-0.4, -0.2) is 46.9 Å². The van der Waals surface area contributed by atoms with Crippen molar-refractivity contribution in [3.63, 3.8) is 0 Å². The molecule has 4 unspecified atom stereocenters. The minimum atomic E-state index is -1.27. The van der Waals surface area contributed by atoms with E-state index in [1.54, 1.807) is 6.92 Å². The van der Waals surface area contributed by atoms with Crippen molar-refractivity contribution in [2.24, 2.45) is 23.3 Å². The van der Waals surface area contributed by atoms with Gasteiger partial charge in [0.1, 0.15) is 12.1 Å². The zero-order valence-corrected chi connectivity index (χ0v) is 16.0. The third kappa shape index (κ3) is 8.80. The molecule has 0 rings (SSSR count). The van der Waals surface area contributed by atoms with Gasteiger partial charge in [-0.2, -0.15) is 0 Å². The molecule has 9 heteroatoms. The molecule has 0 bridgehead atoms. The van der Waals surface area contributed by atoms with Crippen molar-refractivity contribution >= 4 is 23.7 Å². The van der Waals surface area contributed by atoms with Crippen LogP contribution in [0, 0.1) is 11.8 Å². The summed E-state index contributed by atoms with van der Waals surface area (Å²) in [7, 11) is 0. The molecule has 0 aliphatic carbocycles. The Morgan fingerprint density at radius 1 is 1.04 bits per heavy atom. The number of nitrogens with two attached hydrogens (primary N) is 2. The summed E-state index contributed by atoms with van der Waals surface area (Å²) < 4.78 is 0. The fourth-order valence-corrected chi connectivity index (χ4v) is 2.38. The lowest BCUT2D eigenvalue weighted by Gasteiger charge is -2.27. The Bertz CT molecular complexity index is 509. The first-order chi connectivity index (χ1) is 12.0. The lowest BCUT2D eigenvalue weighted by Crippen LogP contribution is -2.56. The lowest BCUT2D eigenvalue weighted by atomic mass is 9.96. The number of rotatable bonds is 12. The SMILES string of the molecule is CCC(C)C(NC(=O)C(N)CC(C)C)C(=O)NC(CCC(N)=O)C(=O)O. The largest absolute Gasteiger partial charge is 0.480 e. The van der Waals surface area contributed by atoms with Crippen LogP contribution in [0.5, 0.6) is 0 Å². The van der Waals surface area contributed by atoms with Gasteiger partial charge in [-0.05, 0) is 24.7 Å². The van der Waals surface area contributed by atoms with E-state index in [2.05, 4.69) is 10.6 Å². The molecule has 0 spiro atoms. The number of nitrogens with one attached hydrogen (secondary N) is 2. The summed E-state index contributed by atoms with van der Waals surface area (Å²) in [6, 6.07) is -2.93. The Balaban J connectivity index is 5.09. The van der Waals surface area contributed by atoms with Gasteiger partial charge in [0, 0.05) is 6.42 Å². The summed E-state index contributed by atoms with van der Waals surface area (Å²) in [6.45, 7) is 7.50. The fourth-order valence-electron chi connectivity index (χ4n) is 2.38. The second-order valence-corrected chi connectivity index (χ2v) is 7.01. The Kier molecular flexibility index (Phi) is 10.5. The summed E-state index contributed by atoms with van der Waals surface area (Å²) in [6.07, 6.45) is 0.773. The summed E-state index contributed by atoms with van der Waals surface area (Å²) in [4.78, 5) is 46.9. The van der Waals surface area contributed by atoms with Gasteiger partial charge in [-0.15, -0.1) is 0 Å². The highest BCUT2D eigenvalue weighted by molar-refractivity contribution is 5.92. The first-order valence-electron chi connectivity index (χ1n) is 8.86. The van der Waals surface area contributed by atoms with Crippen molar-refractivity contribution in [2.75, 3.05) is 0 Å². The number of carboxylic acids is 1. The monoisotopic (exact) mass is 372 g/mol. The topological polar surface area (TPSA) is 165 Å². The Morgan fingerprint density at radius 3 is 2.04 bits per heavy atom. The number of amides is 3. The smallest absolute Gasteiger partial charge is 0.326 e. The highest BCUT2D eigenvalue weighted by Crippen LogP contribution is 2.11. The molecule has 26 heavy (non-hydrogen) atoms. The Morgan fingerprint density at radius 2 is 1.62 bits per heavy atom. The van der Waals surface area contributed by atoms with Crippen LogP contribution in [0.2, 0.25) is 0 Å². The summed E-state index contributed by atoms with van der Waals surface area (Å²) in [5.41, 5.74) is 10.9. The lowest BCUT2D eigenvalue weighted by molar-refractivity contribution is -0.142. The van der Waals surface area contributed by atoms with Gasteiger partial charge >= 0.3 is 5.97 Å². The first-order valence-corrected chi connectivity index (χ1v) is 8.86. The van der Waals surface area contributed by atoms with Gasteiger partial charge in [-0.3, -0.25) is 14.4 Å². The number of carbonyl (C=O) groups is 4. The molecule has 0 aliphatic rings. The summed E-state index contributed by atoms with van der Waals surface area (Å²) in [5, 5.41) is 14.2. The molecule has 0 aromatic rings. The van der Waals surface area contributed by atoms with E-state index in [0.717, 1.165) is 0 Å². The number of primary amides is 1. The maximum atomic E-state index is 12.5. The molecular formula is C17H32N4O5. The molecule has 0 fully saturated rings. The number of carbonyl (C=O) groups excluding carboxylic acids is 3. The normalized spacial score (nSPS) is 15.6. The molecule has 0 heterocycles. The fraction of sp³-hybridized carbons (Fsp3) is 0.765. The second kappa shape index (κ2) is 11.5. The molecule has 9 nitrogen and oxygen atoms in total. The van der Waals surface area contributed by atoms with Crippen LogP contribution in [0.4, 0.5) is 0 Å². The maximum Gasteiger partial charge on any atom is 0.326 e. The van der Waals surface area contributed by atoms with E-state index >= 15 is 0 Å². The van der Waals surface area contributed by atoms with Gasteiger partial charge in [0.25, 0.3) is 0 Å². The van der Waals surface area contributed by atoms with Crippen LogP contribution >= 0.6 is 0 Å². The van der Waals surface area contributed by atoms with Gasteiger partial charge in [-0.25, -0.2) is 4.79 Å². The molecule has 4 atom stereocenters. The first kappa shape index (κ1) is 23.8. The number of carboxylic acid groups (broad SMARTS) is 1. The van der Waals surface area contributed by atoms with E-state index in [-0.39, 0.29) is 24.7 Å². The summed E-state index contributed by atoms with van der Waals surface area (Å²) in [5.74, 6) is -3.01. The molecule has 0 aromatic heterocycles. The van der Waals surface area contributed by atoms with Crippen molar-refractivity contribution in [3.8, 4) is 0 Å². The van der Waals surface area contributed by atoms with Crippen molar-refractivity contribution < 1.29 is 24.3 Å². The van der Waals surface area contributed by atoms with Gasteiger partial charge in [0.15, 0.2) is 0 Å². The van der Waals surface area contributed by atoms with Crippen LogP contribution in [0.3, 0.4) is 0 Å². The van der Waals surface area contributed by atoms with Crippen LogP contribution in [0.1, 0.15) is 53.4 Å². The van der Waals surface area contributed by atoms with Crippen LogP contribution in [0.25, 0.3) is 0 Å². The van der Waals surface area contributed by atoms with E-state index in [9.17, 15) is 24.3 Å². The summed E-state index contributed by atoms with van der Waals surface area (Å²) >= 11 is 0. The molecule has 0 saturated heterocycles. The zero-order valence-electron chi connectivity index (χ0n) is 16.0. The van der Waals surface area contributed by atoms with Crippen molar-refractivity contribution in [1.82, 2.24) is 10.6 Å². The number of hydrogen-bond donors (Lipinski definition) is 5. The van der Waals surface area contributed by atoms with Crippen LogP contribution in [-0.2, 0) is 19.2 Å². The van der Waals surface area contributed by atoms with Crippen molar-refractivity contribution in [3.05, 3.63) is 0 Å². The van der Waals surface area contributed by atoms with Crippen LogP contribution in [0.15, 0.2) is 0 Å². The predicted octanol–water partition coefficient (Wildman–Crippen LogP) is -0.274. The number of aliphatic carboxylic acids is 1. The quantitative estimate of drug-likeness (QED) is 0.316. The minimum Gasteiger partial charge on any atom is -0.480 e. The van der Waals surface area contributed by atoms with Gasteiger partial charge in [0.2, 0.25) is 17.7 Å². The Labute approximate surface area is 154 Å². The van der Waals surface area contributed by atoms with E-state index in [4.69, 9.17) is 11.5 Å². The molecule has 3 amide bonds. The van der Waals surface area contributed by atoms with Gasteiger partial charge in [-0.1, -0.05) is 34.1 Å². The van der Waals surface area contributed by atoms with E-state index in [1.807, 2.05) is 20.8 Å². The maximum absolute atomic E-state index is 12.5. The average molecular weight is 372 g/mol. The van der Waals surface area contributed by atoms with Gasteiger partial charge in [0.05, 0.1) is 6.04 Å². The van der Waals surface area contributed by atoms with Crippen molar-refractivity contribution in [2.45, 2.75) is 71.5 Å².